The van der Waals surface area contributed by atoms with E-state index in [2.05, 4.69) is 10.4 Å². The molecule has 2 aromatic heterocycles. The molecule has 0 atom stereocenters. The van der Waals surface area contributed by atoms with E-state index in [0.29, 0.717) is 12.1 Å². The summed E-state index contributed by atoms with van der Waals surface area (Å²) < 4.78 is 1.85. The van der Waals surface area contributed by atoms with Crippen LogP contribution < -0.4 is 5.32 Å². The molecule has 1 N–H and O–H groups in total. The summed E-state index contributed by atoms with van der Waals surface area (Å²) in [4.78, 5) is 18.0. The first-order chi connectivity index (χ1) is 15.3. The Morgan fingerprint density at radius 2 is 1.71 bits per heavy atom. The maximum Gasteiger partial charge on any atom is 0.256 e. The summed E-state index contributed by atoms with van der Waals surface area (Å²) in [6, 6.07) is 29.2. The van der Waals surface area contributed by atoms with Crippen LogP contribution in [-0.2, 0) is 6.54 Å². The largest absolute Gasteiger partial charge is 0.322 e. The minimum atomic E-state index is -0.160. The van der Waals surface area contributed by atoms with Gasteiger partial charge < -0.3 is 5.32 Å². The highest BCUT2D eigenvalue weighted by Gasteiger charge is 2.14. The summed E-state index contributed by atoms with van der Waals surface area (Å²) in [5.74, 6) is -0.160. The fourth-order valence-corrected chi connectivity index (χ4v) is 3.65. The van der Waals surface area contributed by atoms with E-state index in [1.54, 1.807) is 6.20 Å². The van der Waals surface area contributed by atoms with Crippen molar-refractivity contribution in [2.45, 2.75) is 6.54 Å². The van der Waals surface area contributed by atoms with Crippen LogP contribution in [0.4, 0.5) is 5.69 Å². The number of nitrogens with one attached hydrogen (secondary N) is 1. The number of pyridine rings is 1. The minimum absolute atomic E-state index is 0.160. The van der Waals surface area contributed by atoms with E-state index in [-0.39, 0.29) is 5.91 Å². The monoisotopic (exact) mass is 404 g/mol. The normalized spacial score (nSPS) is 10.8. The van der Waals surface area contributed by atoms with Gasteiger partial charge in [-0.2, -0.15) is 5.10 Å². The zero-order valence-corrected chi connectivity index (χ0v) is 16.8. The van der Waals surface area contributed by atoms with Crippen molar-refractivity contribution in [2.75, 3.05) is 5.32 Å². The Hall–Kier alpha value is -4.25. The SMILES string of the molecule is O=C(Nc1cccc(Cn2cccn2)c1)c1cc(-c2ccccc2)nc2ccccc12. The lowest BCUT2D eigenvalue weighted by Crippen LogP contribution is -2.13. The van der Waals surface area contributed by atoms with Crippen molar-refractivity contribution in [3.05, 3.63) is 115 Å². The molecule has 1 amide bonds. The van der Waals surface area contributed by atoms with E-state index in [4.69, 9.17) is 4.98 Å². The van der Waals surface area contributed by atoms with E-state index in [0.717, 1.165) is 33.4 Å². The molecular formula is C26H20N4O. The van der Waals surface area contributed by atoms with Gasteiger partial charge in [-0.1, -0.05) is 60.7 Å². The summed E-state index contributed by atoms with van der Waals surface area (Å²) in [5, 5.41) is 8.12. The van der Waals surface area contributed by atoms with Gasteiger partial charge in [-0.05, 0) is 35.9 Å². The van der Waals surface area contributed by atoms with Crippen LogP contribution in [0.5, 0.6) is 0 Å². The minimum Gasteiger partial charge on any atom is -0.322 e. The first kappa shape index (κ1) is 18.8. The highest BCUT2D eigenvalue weighted by atomic mass is 16.1. The molecule has 0 fully saturated rings. The van der Waals surface area contributed by atoms with Crippen LogP contribution in [0.1, 0.15) is 15.9 Å². The molecule has 5 nitrogen and oxygen atoms in total. The van der Waals surface area contributed by atoms with Crippen LogP contribution in [-0.4, -0.2) is 20.7 Å². The second-order valence-electron chi connectivity index (χ2n) is 7.30. The molecule has 0 saturated carbocycles. The van der Waals surface area contributed by atoms with Gasteiger partial charge >= 0.3 is 0 Å². The Bertz CT molecular complexity index is 1340. The number of hydrogen-bond donors (Lipinski definition) is 1. The lowest BCUT2D eigenvalue weighted by atomic mass is 10.0. The predicted octanol–water partition coefficient (Wildman–Crippen LogP) is 5.40. The Morgan fingerprint density at radius 1 is 0.871 bits per heavy atom. The van der Waals surface area contributed by atoms with E-state index >= 15 is 0 Å². The van der Waals surface area contributed by atoms with Gasteiger partial charge in [-0.3, -0.25) is 9.48 Å². The van der Waals surface area contributed by atoms with E-state index < -0.39 is 0 Å². The van der Waals surface area contributed by atoms with E-state index in [9.17, 15) is 4.79 Å². The molecule has 150 valence electrons. The number of carbonyl (C=O) groups is 1. The maximum atomic E-state index is 13.3. The average Bonchev–Trinajstić information content (AvgIpc) is 3.32. The van der Waals surface area contributed by atoms with E-state index in [1.807, 2.05) is 102 Å². The van der Waals surface area contributed by atoms with Gasteiger partial charge in [0.15, 0.2) is 0 Å². The van der Waals surface area contributed by atoms with Crippen molar-refractivity contribution < 1.29 is 4.79 Å². The van der Waals surface area contributed by atoms with Gasteiger partial charge in [0.2, 0.25) is 0 Å². The first-order valence-corrected chi connectivity index (χ1v) is 10.1. The quantitative estimate of drug-likeness (QED) is 0.427. The molecular weight excluding hydrogens is 384 g/mol. The van der Waals surface area contributed by atoms with Gasteiger partial charge in [0.25, 0.3) is 5.91 Å². The van der Waals surface area contributed by atoms with Gasteiger partial charge in [0.05, 0.1) is 23.3 Å². The third-order valence-electron chi connectivity index (χ3n) is 5.12. The molecule has 0 unspecified atom stereocenters. The average molecular weight is 404 g/mol. The Kier molecular flexibility index (Phi) is 4.99. The second kappa shape index (κ2) is 8.24. The zero-order valence-electron chi connectivity index (χ0n) is 16.8. The van der Waals surface area contributed by atoms with Gasteiger partial charge in [-0.25, -0.2) is 4.98 Å². The first-order valence-electron chi connectivity index (χ1n) is 10.1. The molecule has 2 heterocycles. The van der Waals surface area contributed by atoms with Gasteiger partial charge in [0, 0.05) is 29.0 Å². The second-order valence-corrected chi connectivity index (χ2v) is 7.30. The smallest absolute Gasteiger partial charge is 0.256 e. The predicted molar refractivity (Wildman–Crippen MR) is 123 cm³/mol. The molecule has 0 aliphatic rings. The van der Waals surface area contributed by atoms with E-state index in [1.165, 1.54) is 0 Å². The van der Waals surface area contributed by atoms with Crippen molar-refractivity contribution in [3.63, 3.8) is 0 Å². The topological polar surface area (TPSA) is 59.8 Å². The highest BCUT2D eigenvalue weighted by Crippen LogP contribution is 2.25. The summed E-state index contributed by atoms with van der Waals surface area (Å²) in [6.45, 7) is 0.646. The summed E-state index contributed by atoms with van der Waals surface area (Å²) in [7, 11) is 0. The number of para-hydroxylation sites is 1. The van der Waals surface area contributed by atoms with Crippen LogP contribution in [0.25, 0.3) is 22.2 Å². The summed E-state index contributed by atoms with van der Waals surface area (Å²) in [5.41, 5.74) is 4.95. The third-order valence-corrected chi connectivity index (χ3v) is 5.12. The number of fused-ring (bicyclic) bond motifs is 1. The number of amides is 1. The number of rotatable bonds is 5. The number of hydrogen-bond acceptors (Lipinski definition) is 3. The van der Waals surface area contributed by atoms with Crippen LogP contribution in [0.15, 0.2) is 103 Å². The van der Waals surface area contributed by atoms with Crippen molar-refractivity contribution in [2.24, 2.45) is 0 Å². The maximum absolute atomic E-state index is 13.3. The number of carbonyl (C=O) groups excluding carboxylic acids is 1. The van der Waals surface area contributed by atoms with Gasteiger partial charge in [0.1, 0.15) is 0 Å². The summed E-state index contributed by atoms with van der Waals surface area (Å²) in [6.07, 6.45) is 3.67. The van der Waals surface area contributed by atoms with Crippen LogP contribution in [0, 0.1) is 0 Å². The lowest BCUT2D eigenvalue weighted by Gasteiger charge is -2.11. The molecule has 31 heavy (non-hydrogen) atoms. The molecule has 0 spiro atoms. The van der Waals surface area contributed by atoms with Crippen molar-refractivity contribution >= 4 is 22.5 Å². The fraction of sp³-hybridized carbons (Fsp3) is 0.0385. The Labute approximate surface area is 180 Å². The number of anilines is 1. The number of aromatic nitrogens is 3. The van der Waals surface area contributed by atoms with Crippen LogP contribution in [0.3, 0.4) is 0 Å². The molecule has 0 saturated heterocycles. The summed E-state index contributed by atoms with van der Waals surface area (Å²) >= 11 is 0. The molecule has 0 aliphatic carbocycles. The zero-order chi connectivity index (χ0) is 21.0. The molecule has 3 aromatic carbocycles. The standard InChI is InChI=1S/C26H20N4O/c31-26(28-21-11-6-8-19(16-21)18-30-15-7-14-27-30)23-17-25(20-9-2-1-3-10-20)29-24-13-5-4-12-22(23)24/h1-17H,18H2,(H,28,31). The van der Waals surface area contributed by atoms with Crippen LogP contribution >= 0.6 is 0 Å². The Morgan fingerprint density at radius 3 is 2.55 bits per heavy atom. The van der Waals surface area contributed by atoms with Crippen molar-refractivity contribution in [1.82, 2.24) is 14.8 Å². The van der Waals surface area contributed by atoms with Crippen molar-refractivity contribution in [3.8, 4) is 11.3 Å². The molecule has 0 bridgehead atoms. The molecule has 5 rings (SSSR count). The third kappa shape index (κ3) is 4.07. The molecule has 0 radical (unpaired) electrons. The number of nitrogens with zero attached hydrogens (tertiary/aromatic N) is 3. The molecule has 5 aromatic rings. The highest BCUT2D eigenvalue weighted by molar-refractivity contribution is 6.13. The van der Waals surface area contributed by atoms with Gasteiger partial charge in [-0.15, -0.1) is 0 Å². The lowest BCUT2D eigenvalue weighted by molar-refractivity contribution is 0.102. The van der Waals surface area contributed by atoms with Crippen LogP contribution in [0.2, 0.25) is 0 Å². The number of benzene rings is 3. The fourth-order valence-electron chi connectivity index (χ4n) is 3.65. The molecule has 0 aliphatic heterocycles. The molecule has 5 heteroatoms. The Balaban J connectivity index is 1.48. The van der Waals surface area contributed by atoms with Crippen molar-refractivity contribution in [1.29, 1.82) is 0 Å².